The molecule has 0 saturated carbocycles. The van der Waals surface area contributed by atoms with Crippen molar-refractivity contribution in [1.29, 1.82) is 0 Å². The number of aryl methyl sites for hydroxylation is 1. The number of nitrogens with zero attached hydrogens (tertiary/aromatic N) is 1. The summed E-state index contributed by atoms with van der Waals surface area (Å²) in [6, 6.07) is 21.6. The summed E-state index contributed by atoms with van der Waals surface area (Å²) in [5, 5.41) is 5.80. The minimum Gasteiger partial charge on any atom is -1.00 e. The Morgan fingerprint density at radius 1 is 1.00 bits per heavy atom. The fourth-order valence-corrected chi connectivity index (χ4v) is 5.60. The number of hydrogen-bond donors (Lipinski definition) is 1. The molecule has 0 fully saturated rings. The van der Waals surface area contributed by atoms with Crippen LogP contribution in [-0.4, -0.2) is 18.9 Å². The van der Waals surface area contributed by atoms with E-state index in [1.807, 2.05) is 48.1 Å². The largest absolute Gasteiger partial charge is 1.00 e. The number of hydrogen-bond acceptors (Lipinski definition) is 5. The monoisotopic (exact) mass is 632 g/mol. The zero-order valence-corrected chi connectivity index (χ0v) is 24.0. The lowest BCUT2D eigenvalue weighted by atomic mass is 9.74. The molecule has 6 nitrogen and oxygen atoms in total. The van der Waals surface area contributed by atoms with E-state index in [0.717, 1.165) is 58.2 Å². The Bertz CT molecular complexity index is 1610. The number of anilines is 1. The molecule has 7 heteroatoms. The average Bonchev–Trinajstić information content (AvgIpc) is 2.96. The molecule has 0 spiro atoms. The maximum Gasteiger partial charge on any atom is 0.344 e. The molecule has 1 atom stereocenters. The maximum absolute atomic E-state index is 13.3. The standard InChI is InChI=1S/C32H28N2O4.HI/c1-3-34-17-15-21(16-18-34)32(36)38-27-14-12-22(19-28(27)37-2)29-30-23-8-5-4-7-20(23)11-13-25(30)33-24-9-6-10-26(35)31(24)29;/h4-5,7-8,11-19,29H,3,6,9-10H2,1-2H3;1H. The van der Waals surface area contributed by atoms with Gasteiger partial charge in [0.2, 0.25) is 0 Å². The highest BCUT2D eigenvalue weighted by atomic mass is 127. The van der Waals surface area contributed by atoms with E-state index in [2.05, 4.69) is 29.6 Å². The van der Waals surface area contributed by atoms with Crippen molar-refractivity contribution in [2.24, 2.45) is 0 Å². The molecule has 6 rings (SSSR count). The van der Waals surface area contributed by atoms with Crippen molar-refractivity contribution in [3.8, 4) is 11.5 Å². The predicted octanol–water partition coefficient (Wildman–Crippen LogP) is 2.94. The van der Waals surface area contributed by atoms with Crippen molar-refractivity contribution in [3.05, 3.63) is 107 Å². The topological polar surface area (TPSA) is 68.5 Å². The van der Waals surface area contributed by atoms with E-state index in [9.17, 15) is 9.59 Å². The lowest BCUT2D eigenvalue weighted by molar-refractivity contribution is -0.693. The Morgan fingerprint density at radius 3 is 2.56 bits per heavy atom. The van der Waals surface area contributed by atoms with Gasteiger partial charge in [-0.1, -0.05) is 36.4 Å². The Hall–Kier alpha value is -3.72. The second-order valence-electron chi connectivity index (χ2n) is 9.69. The van der Waals surface area contributed by atoms with Gasteiger partial charge in [-0.2, -0.15) is 0 Å². The van der Waals surface area contributed by atoms with E-state index < -0.39 is 5.97 Å². The van der Waals surface area contributed by atoms with Crippen molar-refractivity contribution < 1.29 is 47.6 Å². The molecule has 1 unspecified atom stereocenters. The van der Waals surface area contributed by atoms with Crippen LogP contribution in [0.1, 0.15) is 53.6 Å². The molecule has 39 heavy (non-hydrogen) atoms. The van der Waals surface area contributed by atoms with E-state index in [4.69, 9.17) is 9.47 Å². The Kier molecular flexibility index (Phi) is 7.70. The summed E-state index contributed by atoms with van der Waals surface area (Å²) >= 11 is 0. The van der Waals surface area contributed by atoms with Gasteiger partial charge >= 0.3 is 5.97 Å². The highest BCUT2D eigenvalue weighted by Gasteiger charge is 2.36. The molecule has 1 aliphatic heterocycles. The maximum atomic E-state index is 13.3. The van der Waals surface area contributed by atoms with Gasteiger partial charge in [0.25, 0.3) is 0 Å². The van der Waals surface area contributed by atoms with E-state index in [1.165, 1.54) is 0 Å². The molecule has 1 aromatic heterocycles. The van der Waals surface area contributed by atoms with Gasteiger partial charge in [0.1, 0.15) is 6.54 Å². The molecule has 1 N–H and O–H groups in total. The predicted molar refractivity (Wildman–Crippen MR) is 146 cm³/mol. The fourth-order valence-electron chi connectivity index (χ4n) is 5.60. The van der Waals surface area contributed by atoms with Crippen LogP contribution in [0.25, 0.3) is 10.8 Å². The van der Waals surface area contributed by atoms with Crippen LogP contribution in [0.2, 0.25) is 0 Å². The van der Waals surface area contributed by atoms with Crippen molar-refractivity contribution in [2.75, 3.05) is 12.4 Å². The molecule has 0 bridgehead atoms. The molecule has 198 valence electrons. The summed E-state index contributed by atoms with van der Waals surface area (Å²) in [5.41, 5.74) is 5.30. The SMILES string of the molecule is CC[n+]1ccc(C(=O)Oc2ccc(C3C4=C(CCCC4=O)Nc4ccc5ccccc5c43)cc2OC)cc1.[I-]. The van der Waals surface area contributed by atoms with Crippen LogP contribution in [0.4, 0.5) is 5.69 Å². The molecule has 4 aromatic rings. The van der Waals surface area contributed by atoms with Crippen molar-refractivity contribution in [3.63, 3.8) is 0 Å². The first-order chi connectivity index (χ1) is 18.6. The van der Waals surface area contributed by atoms with E-state index in [-0.39, 0.29) is 35.7 Å². The Balaban J connectivity index is 0.00000308. The van der Waals surface area contributed by atoms with Crippen LogP contribution in [0, 0.1) is 0 Å². The Morgan fingerprint density at radius 2 is 1.79 bits per heavy atom. The van der Waals surface area contributed by atoms with E-state index >= 15 is 0 Å². The number of carbonyl (C=O) groups excluding carboxylic acids is 2. The van der Waals surface area contributed by atoms with Gasteiger partial charge in [-0.05, 0) is 59.9 Å². The summed E-state index contributed by atoms with van der Waals surface area (Å²) in [5.74, 6) is 0.249. The van der Waals surface area contributed by atoms with Crippen LogP contribution in [-0.2, 0) is 11.3 Å². The van der Waals surface area contributed by atoms with Crippen molar-refractivity contribution >= 4 is 28.2 Å². The summed E-state index contributed by atoms with van der Waals surface area (Å²) in [6.45, 7) is 2.86. The summed E-state index contributed by atoms with van der Waals surface area (Å²) in [6.07, 6.45) is 5.92. The van der Waals surface area contributed by atoms with E-state index in [0.29, 0.717) is 23.5 Å². The van der Waals surface area contributed by atoms with Crippen LogP contribution in [0.3, 0.4) is 0 Å². The Labute approximate surface area is 244 Å². The first-order valence-electron chi connectivity index (χ1n) is 13.0. The third kappa shape index (κ3) is 4.91. The molecular weight excluding hydrogens is 603 g/mol. The fraction of sp³-hybridized carbons (Fsp3) is 0.219. The number of fused-ring (bicyclic) bond motifs is 3. The number of ether oxygens (including phenoxy) is 2. The number of benzene rings is 3. The van der Waals surface area contributed by atoms with Gasteiger partial charge in [-0.15, -0.1) is 0 Å². The highest BCUT2D eigenvalue weighted by Crippen LogP contribution is 2.49. The minimum atomic E-state index is -0.454. The average molecular weight is 632 g/mol. The van der Waals surface area contributed by atoms with Crippen molar-refractivity contribution in [2.45, 2.75) is 38.6 Å². The molecule has 1 aliphatic carbocycles. The number of pyridine rings is 1. The van der Waals surface area contributed by atoms with E-state index in [1.54, 1.807) is 25.3 Å². The first-order valence-corrected chi connectivity index (χ1v) is 13.0. The van der Waals surface area contributed by atoms with Gasteiger partial charge in [0, 0.05) is 41.4 Å². The highest BCUT2D eigenvalue weighted by molar-refractivity contribution is 6.04. The smallest absolute Gasteiger partial charge is 0.344 e. The lowest BCUT2D eigenvalue weighted by Gasteiger charge is -2.35. The van der Waals surface area contributed by atoms with Gasteiger partial charge < -0.3 is 38.8 Å². The third-order valence-corrected chi connectivity index (χ3v) is 7.51. The zero-order chi connectivity index (χ0) is 26.2. The number of methoxy groups -OCH3 is 1. The summed E-state index contributed by atoms with van der Waals surface area (Å²) in [4.78, 5) is 26.2. The number of nitrogens with one attached hydrogen (secondary N) is 1. The summed E-state index contributed by atoms with van der Waals surface area (Å²) < 4.78 is 13.4. The van der Waals surface area contributed by atoms with Gasteiger partial charge in [0.05, 0.1) is 12.7 Å². The number of esters is 1. The number of rotatable bonds is 5. The number of Topliss-reactive ketones (excluding diaryl/α,β-unsaturated/α-hetero) is 1. The van der Waals surface area contributed by atoms with Crippen molar-refractivity contribution in [1.82, 2.24) is 0 Å². The molecule has 2 aliphatic rings. The van der Waals surface area contributed by atoms with Crippen LogP contribution < -0.4 is 43.3 Å². The molecule has 2 heterocycles. The van der Waals surface area contributed by atoms with Crippen LogP contribution in [0.15, 0.2) is 90.4 Å². The second kappa shape index (κ2) is 11.2. The normalized spacial score (nSPS) is 16.1. The van der Waals surface area contributed by atoms with Crippen LogP contribution in [0.5, 0.6) is 11.5 Å². The summed E-state index contributed by atoms with van der Waals surface area (Å²) in [7, 11) is 1.56. The molecule has 0 saturated heterocycles. The molecular formula is C32H29IN2O4. The number of halogens is 1. The van der Waals surface area contributed by atoms with Gasteiger partial charge in [-0.3, -0.25) is 4.79 Å². The number of ketones is 1. The molecule has 3 aromatic carbocycles. The lowest BCUT2D eigenvalue weighted by Crippen LogP contribution is -3.00. The minimum absolute atomic E-state index is 0. The van der Waals surface area contributed by atoms with Crippen LogP contribution >= 0.6 is 0 Å². The molecule has 0 radical (unpaired) electrons. The second-order valence-corrected chi connectivity index (χ2v) is 9.69. The van der Waals surface area contributed by atoms with Gasteiger partial charge in [0.15, 0.2) is 29.7 Å². The number of aromatic nitrogens is 1. The number of allylic oxidation sites excluding steroid dienone is 2. The quantitative estimate of drug-likeness (QED) is 0.159. The molecule has 0 amide bonds. The zero-order valence-electron chi connectivity index (χ0n) is 21.9. The third-order valence-electron chi connectivity index (χ3n) is 7.51. The van der Waals surface area contributed by atoms with Gasteiger partial charge in [-0.25, -0.2) is 9.36 Å². The first kappa shape index (κ1) is 26.9. The number of carbonyl (C=O) groups is 2.